The molecule has 0 saturated carbocycles. The molecule has 1 amide bonds. The summed E-state index contributed by atoms with van der Waals surface area (Å²) in [4.78, 5) is 41.8. The number of nitrogens with one attached hydrogen (secondary N) is 2. The molecule has 0 saturated heterocycles. The fraction of sp³-hybridized carbons (Fsp3) is 0.353. The highest BCUT2D eigenvalue weighted by molar-refractivity contribution is 5.94. The first-order chi connectivity index (χ1) is 11.6. The van der Waals surface area contributed by atoms with E-state index in [1.165, 1.54) is 18.2 Å². The molecule has 0 aliphatic carbocycles. The zero-order chi connectivity index (χ0) is 18.8. The van der Waals surface area contributed by atoms with Crippen molar-refractivity contribution in [2.24, 2.45) is 0 Å². The standard InChI is InChI=1S/C17H20N4O4/c1-10-13(15(23)20-16(19-10)17(2,3)4)14(22)18-9-11-6-5-7-12(8-11)21(24)25/h5-8H,9H2,1-4H3,(H,18,22)(H,19,20,23). The summed E-state index contributed by atoms with van der Waals surface area (Å²) in [5, 5.41) is 13.4. The number of nitro benzene ring substituents is 1. The van der Waals surface area contributed by atoms with E-state index in [9.17, 15) is 19.7 Å². The van der Waals surface area contributed by atoms with E-state index in [0.29, 0.717) is 17.1 Å². The molecule has 8 heteroatoms. The Morgan fingerprint density at radius 2 is 2.04 bits per heavy atom. The van der Waals surface area contributed by atoms with Crippen LogP contribution in [0.4, 0.5) is 5.69 Å². The summed E-state index contributed by atoms with van der Waals surface area (Å²) >= 11 is 0. The number of nitrogens with zero attached hydrogens (tertiary/aromatic N) is 2. The van der Waals surface area contributed by atoms with Crippen molar-refractivity contribution in [3.05, 3.63) is 67.4 Å². The van der Waals surface area contributed by atoms with Crippen LogP contribution < -0.4 is 10.9 Å². The van der Waals surface area contributed by atoms with Crippen molar-refractivity contribution in [1.29, 1.82) is 0 Å². The Labute approximate surface area is 144 Å². The molecule has 2 rings (SSSR count). The van der Waals surface area contributed by atoms with Crippen molar-refractivity contribution in [3.63, 3.8) is 0 Å². The minimum Gasteiger partial charge on any atom is -0.348 e. The van der Waals surface area contributed by atoms with E-state index < -0.39 is 16.4 Å². The van der Waals surface area contributed by atoms with Gasteiger partial charge in [-0.3, -0.25) is 19.7 Å². The third-order valence-corrected chi connectivity index (χ3v) is 3.61. The van der Waals surface area contributed by atoms with Gasteiger partial charge in [0.15, 0.2) is 0 Å². The second-order valence-corrected chi connectivity index (χ2v) is 6.73. The first-order valence-electron chi connectivity index (χ1n) is 7.72. The summed E-state index contributed by atoms with van der Waals surface area (Å²) in [6, 6.07) is 5.94. The maximum Gasteiger partial charge on any atom is 0.269 e. The summed E-state index contributed by atoms with van der Waals surface area (Å²) in [7, 11) is 0. The number of nitro groups is 1. The molecule has 0 aliphatic rings. The van der Waals surface area contributed by atoms with Crippen LogP contribution in [0.3, 0.4) is 0 Å². The van der Waals surface area contributed by atoms with Crippen LogP contribution in [0.5, 0.6) is 0 Å². The summed E-state index contributed by atoms with van der Waals surface area (Å²) in [6.45, 7) is 7.40. The normalized spacial score (nSPS) is 11.2. The third kappa shape index (κ3) is 4.28. The monoisotopic (exact) mass is 344 g/mol. The fourth-order valence-corrected chi connectivity index (χ4v) is 2.26. The number of amides is 1. The van der Waals surface area contributed by atoms with Gasteiger partial charge >= 0.3 is 0 Å². The maximum atomic E-state index is 12.3. The number of hydrogen-bond donors (Lipinski definition) is 2. The topological polar surface area (TPSA) is 118 Å². The van der Waals surface area contributed by atoms with Crippen molar-refractivity contribution in [2.45, 2.75) is 39.7 Å². The summed E-state index contributed by atoms with van der Waals surface area (Å²) in [6.07, 6.45) is 0. The molecule has 0 atom stereocenters. The second kappa shape index (κ2) is 6.84. The van der Waals surface area contributed by atoms with Crippen molar-refractivity contribution in [1.82, 2.24) is 15.3 Å². The average molecular weight is 344 g/mol. The third-order valence-electron chi connectivity index (χ3n) is 3.61. The van der Waals surface area contributed by atoms with Gasteiger partial charge in [0.2, 0.25) is 0 Å². The van der Waals surface area contributed by atoms with E-state index in [1.807, 2.05) is 20.8 Å². The number of carbonyl (C=O) groups excluding carboxylic acids is 1. The molecule has 2 N–H and O–H groups in total. The van der Waals surface area contributed by atoms with Crippen LogP contribution in [0.25, 0.3) is 0 Å². The lowest BCUT2D eigenvalue weighted by Gasteiger charge is -2.18. The number of aromatic nitrogens is 2. The van der Waals surface area contributed by atoms with Crippen molar-refractivity contribution >= 4 is 11.6 Å². The highest BCUT2D eigenvalue weighted by Crippen LogP contribution is 2.17. The quantitative estimate of drug-likeness (QED) is 0.651. The van der Waals surface area contributed by atoms with Gasteiger partial charge in [-0.15, -0.1) is 0 Å². The SMILES string of the molecule is Cc1nc(C(C)(C)C)[nH]c(=O)c1C(=O)NCc1cccc([N+](=O)[O-])c1. The number of H-pyrrole nitrogens is 1. The number of carbonyl (C=O) groups is 1. The minimum atomic E-state index is -0.571. The number of benzene rings is 1. The van der Waals surface area contributed by atoms with Crippen LogP contribution in [-0.2, 0) is 12.0 Å². The number of rotatable bonds is 4. The number of aromatic amines is 1. The molecule has 0 fully saturated rings. The molecule has 0 radical (unpaired) electrons. The molecule has 1 aromatic carbocycles. The first kappa shape index (κ1) is 18.3. The molecule has 0 unspecified atom stereocenters. The summed E-state index contributed by atoms with van der Waals surface area (Å²) in [5.41, 5.74) is -0.0625. The van der Waals surface area contributed by atoms with E-state index in [4.69, 9.17) is 0 Å². The fourth-order valence-electron chi connectivity index (χ4n) is 2.26. The molecule has 0 bridgehead atoms. The van der Waals surface area contributed by atoms with Gasteiger partial charge in [-0.2, -0.15) is 0 Å². The summed E-state index contributed by atoms with van der Waals surface area (Å²) < 4.78 is 0. The molecule has 0 spiro atoms. The molecule has 1 aromatic heterocycles. The Kier molecular flexibility index (Phi) is 5.01. The van der Waals surface area contributed by atoms with Crippen molar-refractivity contribution < 1.29 is 9.72 Å². The van der Waals surface area contributed by atoms with Gasteiger partial charge < -0.3 is 10.3 Å². The zero-order valence-electron chi connectivity index (χ0n) is 14.5. The smallest absolute Gasteiger partial charge is 0.269 e. The first-order valence-corrected chi connectivity index (χ1v) is 7.72. The number of non-ortho nitro benzene ring substituents is 1. The lowest BCUT2D eigenvalue weighted by molar-refractivity contribution is -0.384. The second-order valence-electron chi connectivity index (χ2n) is 6.73. The molecule has 132 valence electrons. The van der Waals surface area contributed by atoms with Crippen LogP contribution >= 0.6 is 0 Å². The molecular weight excluding hydrogens is 324 g/mol. The maximum absolute atomic E-state index is 12.3. The van der Waals surface area contributed by atoms with Crippen molar-refractivity contribution in [3.8, 4) is 0 Å². The highest BCUT2D eigenvalue weighted by Gasteiger charge is 2.22. The van der Waals surface area contributed by atoms with E-state index in [-0.39, 0.29) is 23.2 Å². The van der Waals surface area contributed by atoms with Crippen LogP contribution in [-0.4, -0.2) is 20.8 Å². The van der Waals surface area contributed by atoms with Crippen LogP contribution in [0.2, 0.25) is 0 Å². The molecule has 2 aromatic rings. The predicted molar refractivity (Wildman–Crippen MR) is 92.6 cm³/mol. The van der Waals surface area contributed by atoms with Gasteiger partial charge in [-0.1, -0.05) is 32.9 Å². The number of aryl methyl sites for hydroxylation is 1. The van der Waals surface area contributed by atoms with Crippen LogP contribution in [0, 0.1) is 17.0 Å². The Morgan fingerprint density at radius 3 is 2.60 bits per heavy atom. The predicted octanol–water partition coefficient (Wildman–Crippen LogP) is 2.21. The highest BCUT2D eigenvalue weighted by atomic mass is 16.6. The van der Waals surface area contributed by atoms with Gasteiger partial charge in [0.25, 0.3) is 17.2 Å². The van der Waals surface area contributed by atoms with Gasteiger partial charge in [0.1, 0.15) is 11.4 Å². The molecular formula is C17H20N4O4. The average Bonchev–Trinajstić information content (AvgIpc) is 2.51. The Balaban J connectivity index is 2.20. The lowest BCUT2D eigenvalue weighted by atomic mass is 9.95. The molecule has 8 nitrogen and oxygen atoms in total. The molecule has 0 aliphatic heterocycles. The Bertz CT molecular complexity index is 881. The molecule has 25 heavy (non-hydrogen) atoms. The van der Waals surface area contributed by atoms with Crippen LogP contribution in [0.15, 0.2) is 29.1 Å². The van der Waals surface area contributed by atoms with Gasteiger partial charge in [-0.05, 0) is 12.5 Å². The minimum absolute atomic E-state index is 0.0570. The van der Waals surface area contributed by atoms with E-state index in [0.717, 1.165) is 0 Å². The van der Waals surface area contributed by atoms with Gasteiger partial charge in [0, 0.05) is 24.1 Å². The lowest BCUT2D eigenvalue weighted by Crippen LogP contribution is -2.33. The molecule has 1 heterocycles. The van der Waals surface area contributed by atoms with Gasteiger partial charge in [-0.25, -0.2) is 4.98 Å². The van der Waals surface area contributed by atoms with Crippen molar-refractivity contribution in [2.75, 3.05) is 0 Å². The summed E-state index contributed by atoms with van der Waals surface area (Å²) in [5.74, 6) is -0.0663. The van der Waals surface area contributed by atoms with Gasteiger partial charge in [0.05, 0.1) is 10.6 Å². The van der Waals surface area contributed by atoms with E-state index in [2.05, 4.69) is 15.3 Å². The van der Waals surface area contributed by atoms with E-state index >= 15 is 0 Å². The van der Waals surface area contributed by atoms with E-state index in [1.54, 1.807) is 13.0 Å². The Hall–Kier alpha value is -3.03. The number of hydrogen-bond acceptors (Lipinski definition) is 5. The largest absolute Gasteiger partial charge is 0.348 e. The Morgan fingerprint density at radius 1 is 1.36 bits per heavy atom. The zero-order valence-corrected chi connectivity index (χ0v) is 14.5. The van der Waals surface area contributed by atoms with Crippen LogP contribution in [0.1, 0.15) is 48.2 Å².